The second-order valence-corrected chi connectivity index (χ2v) is 6.40. The van der Waals surface area contributed by atoms with E-state index in [1.54, 1.807) is 0 Å². The number of nitrogen functional groups attached to an aromatic ring is 1. The molecule has 4 nitrogen and oxygen atoms in total. The summed E-state index contributed by atoms with van der Waals surface area (Å²) in [5, 5.41) is 1.18. The number of para-hydroxylation sites is 2. The standard InChI is InChI=1S/C20H21N3O/c21-17-8-3-1-6-14(17)12-19(23-11-5-10-20(23)24)16-13-22-18-9-4-2-7-15(16)18/h1-4,6-9,13,19,22H,5,10-12,21H2. The van der Waals surface area contributed by atoms with Crippen molar-refractivity contribution in [2.75, 3.05) is 12.3 Å². The molecule has 4 heteroatoms. The average Bonchev–Trinajstić information content (AvgIpc) is 3.21. The summed E-state index contributed by atoms with van der Waals surface area (Å²) in [5.41, 5.74) is 10.3. The Morgan fingerprint density at radius 3 is 2.71 bits per heavy atom. The molecule has 0 bridgehead atoms. The Kier molecular flexibility index (Phi) is 3.73. The van der Waals surface area contributed by atoms with Gasteiger partial charge in [-0.15, -0.1) is 0 Å². The Hall–Kier alpha value is -2.75. The summed E-state index contributed by atoms with van der Waals surface area (Å²) in [6.45, 7) is 0.815. The van der Waals surface area contributed by atoms with Gasteiger partial charge >= 0.3 is 0 Å². The van der Waals surface area contributed by atoms with Crippen LogP contribution in [0.4, 0.5) is 5.69 Å². The summed E-state index contributed by atoms with van der Waals surface area (Å²) in [4.78, 5) is 17.8. The minimum absolute atomic E-state index is 0.0147. The van der Waals surface area contributed by atoms with Crippen LogP contribution in [0, 0.1) is 0 Å². The van der Waals surface area contributed by atoms with Crippen LogP contribution in [0.5, 0.6) is 0 Å². The predicted molar refractivity (Wildman–Crippen MR) is 96.5 cm³/mol. The molecule has 3 aromatic rings. The van der Waals surface area contributed by atoms with Crippen molar-refractivity contribution in [1.29, 1.82) is 0 Å². The lowest BCUT2D eigenvalue weighted by Gasteiger charge is -2.28. The molecule has 2 aromatic carbocycles. The molecule has 2 heterocycles. The van der Waals surface area contributed by atoms with Gasteiger partial charge in [-0.2, -0.15) is 0 Å². The molecule has 0 saturated carbocycles. The zero-order valence-corrected chi connectivity index (χ0v) is 13.5. The van der Waals surface area contributed by atoms with Gasteiger partial charge < -0.3 is 15.6 Å². The van der Waals surface area contributed by atoms with Gasteiger partial charge in [-0.05, 0) is 30.5 Å². The van der Waals surface area contributed by atoms with Crippen LogP contribution in [0.15, 0.2) is 54.7 Å². The van der Waals surface area contributed by atoms with Crippen molar-refractivity contribution in [2.24, 2.45) is 0 Å². The molecule has 1 aliphatic heterocycles. The van der Waals surface area contributed by atoms with Crippen LogP contribution in [-0.2, 0) is 11.2 Å². The van der Waals surface area contributed by atoms with Crippen molar-refractivity contribution in [1.82, 2.24) is 9.88 Å². The number of carbonyl (C=O) groups excluding carboxylic acids is 1. The van der Waals surface area contributed by atoms with Gasteiger partial charge in [0.25, 0.3) is 0 Å². The van der Waals surface area contributed by atoms with Gasteiger partial charge in [0.15, 0.2) is 0 Å². The van der Waals surface area contributed by atoms with Crippen molar-refractivity contribution in [3.05, 3.63) is 65.9 Å². The maximum Gasteiger partial charge on any atom is 0.223 e. The van der Waals surface area contributed by atoms with Crippen molar-refractivity contribution >= 4 is 22.5 Å². The molecule has 1 fully saturated rings. The van der Waals surface area contributed by atoms with E-state index in [0.717, 1.165) is 36.2 Å². The lowest BCUT2D eigenvalue weighted by Crippen LogP contribution is -2.31. The van der Waals surface area contributed by atoms with E-state index in [0.29, 0.717) is 6.42 Å². The quantitative estimate of drug-likeness (QED) is 0.721. The minimum Gasteiger partial charge on any atom is -0.399 e. The van der Waals surface area contributed by atoms with Gasteiger partial charge in [-0.25, -0.2) is 0 Å². The summed E-state index contributed by atoms with van der Waals surface area (Å²) in [6.07, 6.45) is 4.35. The van der Waals surface area contributed by atoms with E-state index in [1.165, 1.54) is 10.9 Å². The lowest BCUT2D eigenvalue weighted by molar-refractivity contribution is -0.129. The number of nitrogens with two attached hydrogens (primary N) is 1. The van der Waals surface area contributed by atoms with E-state index in [2.05, 4.69) is 23.2 Å². The Labute approximate surface area is 141 Å². The molecule has 4 rings (SSSR count). The number of carbonyl (C=O) groups is 1. The molecule has 0 spiro atoms. The van der Waals surface area contributed by atoms with E-state index in [1.807, 2.05) is 41.4 Å². The Balaban J connectivity index is 1.78. The third-order valence-electron chi connectivity index (χ3n) is 4.93. The second-order valence-electron chi connectivity index (χ2n) is 6.40. The molecule has 1 unspecified atom stereocenters. The highest BCUT2D eigenvalue weighted by molar-refractivity contribution is 5.85. The molecule has 122 valence electrons. The highest BCUT2D eigenvalue weighted by Gasteiger charge is 2.30. The second kappa shape index (κ2) is 6.04. The number of fused-ring (bicyclic) bond motifs is 1. The number of anilines is 1. The van der Waals surface area contributed by atoms with Gasteiger partial charge in [0, 0.05) is 41.3 Å². The van der Waals surface area contributed by atoms with E-state index in [4.69, 9.17) is 5.73 Å². The molecule has 0 aliphatic carbocycles. The molecular formula is C20H21N3O. The summed E-state index contributed by atoms with van der Waals surface area (Å²) < 4.78 is 0. The first-order valence-corrected chi connectivity index (χ1v) is 8.43. The van der Waals surface area contributed by atoms with Gasteiger partial charge in [0.05, 0.1) is 6.04 Å². The Bertz CT molecular complexity index is 883. The number of amides is 1. The Morgan fingerprint density at radius 1 is 1.12 bits per heavy atom. The number of nitrogens with zero attached hydrogens (tertiary/aromatic N) is 1. The number of nitrogens with one attached hydrogen (secondary N) is 1. The normalized spacial score (nSPS) is 16.0. The highest BCUT2D eigenvalue weighted by Crippen LogP contribution is 2.34. The molecule has 1 atom stereocenters. The zero-order valence-electron chi connectivity index (χ0n) is 13.5. The average molecular weight is 319 g/mol. The topological polar surface area (TPSA) is 62.1 Å². The lowest BCUT2D eigenvalue weighted by atomic mass is 9.96. The van der Waals surface area contributed by atoms with Crippen molar-refractivity contribution in [3.63, 3.8) is 0 Å². The summed E-state index contributed by atoms with van der Waals surface area (Å²) in [7, 11) is 0. The first-order chi connectivity index (χ1) is 11.7. The first-order valence-electron chi connectivity index (χ1n) is 8.43. The Morgan fingerprint density at radius 2 is 1.92 bits per heavy atom. The van der Waals surface area contributed by atoms with Crippen LogP contribution in [0.1, 0.15) is 30.0 Å². The van der Waals surface area contributed by atoms with Crippen LogP contribution < -0.4 is 5.73 Å². The number of hydrogen-bond acceptors (Lipinski definition) is 2. The number of rotatable bonds is 4. The summed E-state index contributed by atoms with van der Waals surface area (Å²) in [6, 6.07) is 16.2. The van der Waals surface area contributed by atoms with Gasteiger partial charge in [0.2, 0.25) is 5.91 Å². The molecular weight excluding hydrogens is 298 g/mol. The van der Waals surface area contributed by atoms with E-state index in [9.17, 15) is 4.79 Å². The molecule has 1 aliphatic rings. The molecule has 1 aromatic heterocycles. The summed E-state index contributed by atoms with van der Waals surface area (Å²) in [5.74, 6) is 0.236. The third kappa shape index (κ3) is 2.54. The molecule has 3 N–H and O–H groups in total. The fourth-order valence-electron chi connectivity index (χ4n) is 3.68. The number of hydrogen-bond donors (Lipinski definition) is 2. The smallest absolute Gasteiger partial charge is 0.223 e. The van der Waals surface area contributed by atoms with Crippen LogP contribution in [0.25, 0.3) is 10.9 Å². The number of H-pyrrole nitrogens is 1. The fraction of sp³-hybridized carbons (Fsp3) is 0.250. The maximum atomic E-state index is 12.4. The fourth-order valence-corrected chi connectivity index (χ4v) is 3.68. The van der Waals surface area contributed by atoms with Crippen LogP contribution in [0.3, 0.4) is 0 Å². The molecule has 1 saturated heterocycles. The molecule has 24 heavy (non-hydrogen) atoms. The molecule has 1 amide bonds. The third-order valence-corrected chi connectivity index (χ3v) is 4.93. The van der Waals surface area contributed by atoms with Crippen LogP contribution in [0.2, 0.25) is 0 Å². The predicted octanol–water partition coefficient (Wildman–Crippen LogP) is 3.66. The van der Waals surface area contributed by atoms with E-state index in [-0.39, 0.29) is 11.9 Å². The largest absolute Gasteiger partial charge is 0.399 e. The molecule has 0 radical (unpaired) electrons. The van der Waals surface area contributed by atoms with Crippen molar-refractivity contribution < 1.29 is 4.79 Å². The summed E-state index contributed by atoms with van der Waals surface area (Å²) >= 11 is 0. The minimum atomic E-state index is 0.0147. The van der Waals surface area contributed by atoms with E-state index >= 15 is 0 Å². The first kappa shape index (κ1) is 14.8. The number of benzene rings is 2. The van der Waals surface area contributed by atoms with Crippen molar-refractivity contribution in [2.45, 2.75) is 25.3 Å². The monoisotopic (exact) mass is 319 g/mol. The number of likely N-dealkylation sites (tertiary alicyclic amines) is 1. The van der Waals surface area contributed by atoms with Crippen molar-refractivity contribution in [3.8, 4) is 0 Å². The van der Waals surface area contributed by atoms with Crippen LogP contribution >= 0.6 is 0 Å². The maximum absolute atomic E-state index is 12.4. The number of aromatic nitrogens is 1. The van der Waals surface area contributed by atoms with Gasteiger partial charge in [0.1, 0.15) is 0 Å². The van der Waals surface area contributed by atoms with E-state index < -0.39 is 0 Å². The zero-order chi connectivity index (χ0) is 16.5. The van der Waals surface area contributed by atoms with Crippen LogP contribution in [-0.4, -0.2) is 22.3 Å². The number of aromatic amines is 1. The highest BCUT2D eigenvalue weighted by atomic mass is 16.2. The van der Waals surface area contributed by atoms with Gasteiger partial charge in [-0.1, -0.05) is 36.4 Å². The van der Waals surface area contributed by atoms with Gasteiger partial charge in [-0.3, -0.25) is 4.79 Å². The SMILES string of the molecule is Nc1ccccc1CC(c1c[nH]c2ccccc12)N1CCCC1=O.